The van der Waals surface area contributed by atoms with E-state index in [4.69, 9.17) is 31.5 Å². The van der Waals surface area contributed by atoms with Crippen LogP contribution in [0.1, 0.15) is 10.4 Å². The van der Waals surface area contributed by atoms with Crippen LogP contribution in [-0.4, -0.2) is 25.3 Å². The Morgan fingerprint density at radius 2 is 1.96 bits per heavy atom. The number of rotatable bonds is 4. The number of carbonyl (C=O) groups is 2. The summed E-state index contributed by atoms with van der Waals surface area (Å²) in [4.78, 5) is 23.7. The maximum Gasteiger partial charge on any atom is 0.338 e. The van der Waals surface area contributed by atoms with E-state index >= 15 is 0 Å². The number of hydrogen-bond donors (Lipinski definition) is 2. The van der Waals surface area contributed by atoms with E-state index in [0.717, 1.165) is 0 Å². The second-order valence-corrected chi connectivity index (χ2v) is 5.34. The van der Waals surface area contributed by atoms with E-state index in [0.29, 0.717) is 22.2 Å². The Kier molecular flexibility index (Phi) is 4.43. The van der Waals surface area contributed by atoms with E-state index in [9.17, 15) is 9.59 Å². The molecule has 3 rings (SSSR count). The summed E-state index contributed by atoms with van der Waals surface area (Å²) in [6, 6.07) is 9.31. The molecule has 1 aliphatic rings. The van der Waals surface area contributed by atoms with E-state index in [1.807, 2.05) is 0 Å². The molecule has 2 aromatic carbocycles. The third-order valence-corrected chi connectivity index (χ3v) is 3.57. The van der Waals surface area contributed by atoms with E-state index in [1.165, 1.54) is 18.2 Å². The molecule has 7 nitrogen and oxygen atoms in total. The topological polar surface area (TPSA) is 99.9 Å². The molecule has 0 fully saturated rings. The number of ether oxygens (including phenoxy) is 3. The van der Waals surface area contributed by atoms with Gasteiger partial charge in [0.05, 0.1) is 16.3 Å². The Bertz CT molecular complexity index is 809. The highest BCUT2D eigenvalue weighted by atomic mass is 35.5. The SMILES string of the molecule is Nc1cc(C(=O)OCC(=O)Nc2ccc3c(c2)OCO3)ccc1Cl. The highest BCUT2D eigenvalue weighted by Crippen LogP contribution is 2.34. The Hall–Kier alpha value is -2.93. The summed E-state index contributed by atoms with van der Waals surface area (Å²) < 4.78 is 15.3. The first kappa shape index (κ1) is 15.9. The average Bonchev–Trinajstić information content (AvgIpc) is 3.03. The van der Waals surface area contributed by atoms with E-state index in [1.54, 1.807) is 18.2 Å². The molecule has 0 radical (unpaired) electrons. The predicted octanol–water partition coefficient (Wildman–Crippen LogP) is 2.45. The van der Waals surface area contributed by atoms with E-state index < -0.39 is 18.5 Å². The van der Waals surface area contributed by atoms with Crippen molar-refractivity contribution in [3.8, 4) is 11.5 Å². The van der Waals surface area contributed by atoms with Gasteiger partial charge in [-0.15, -0.1) is 0 Å². The maximum absolute atomic E-state index is 11.9. The minimum atomic E-state index is -0.667. The molecule has 24 heavy (non-hydrogen) atoms. The molecule has 0 saturated carbocycles. The third-order valence-electron chi connectivity index (χ3n) is 3.22. The number of esters is 1. The van der Waals surface area contributed by atoms with Crippen LogP contribution in [-0.2, 0) is 9.53 Å². The number of nitrogens with one attached hydrogen (secondary N) is 1. The molecule has 124 valence electrons. The monoisotopic (exact) mass is 348 g/mol. The van der Waals surface area contributed by atoms with Crippen LogP contribution >= 0.6 is 11.6 Å². The van der Waals surface area contributed by atoms with Crippen LogP contribution in [0.2, 0.25) is 5.02 Å². The number of carbonyl (C=O) groups excluding carboxylic acids is 2. The summed E-state index contributed by atoms with van der Waals surface area (Å²) in [7, 11) is 0. The van der Waals surface area contributed by atoms with Gasteiger partial charge in [-0.05, 0) is 30.3 Å². The molecular formula is C16H13ClN2O5. The number of amides is 1. The molecule has 1 amide bonds. The zero-order valence-corrected chi connectivity index (χ0v) is 13.1. The van der Waals surface area contributed by atoms with Crippen molar-refractivity contribution < 1.29 is 23.8 Å². The van der Waals surface area contributed by atoms with Crippen LogP contribution in [0.5, 0.6) is 11.5 Å². The number of nitrogen functional groups attached to an aromatic ring is 1. The lowest BCUT2D eigenvalue weighted by molar-refractivity contribution is -0.119. The lowest BCUT2D eigenvalue weighted by atomic mass is 10.2. The van der Waals surface area contributed by atoms with Gasteiger partial charge in [-0.1, -0.05) is 11.6 Å². The molecule has 1 heterocycles. The minimum absolute atomic E-state index is 0.147. The fraction of sp³-hybridized carbons (Fsp3) is 0.125. The van der Waals surface area contributed by atoms with Crippen LogP contribution in [0.4, 0.5) is 11.4 Å². The van der Waals surface area contributed by atoms with E-state index in [-0.39, 0.29) is 18.0 Å². The molecule has 2 aromatic rings. The van der Waals surface area contributed by atoms with E-state index in [2.05, 4.69) is 5.32 Å². The summed E-state index contributed by atoms with van der Waals surface area (Å²) in [6.07, 6.45) is 0. The Morgan fingerprint density at radius 1 is 1.17 bits per heavy atom. The summed E-state index contributed by atoms with van der Waals surface area (Å²) in [6.45, 7) is -0.287. The zero-order chi connectivity index (χ0) is 17.1. The second kappa shape index (κ2) is 6.67. The molecule has 0 spiro atoms. The van der Waals surface area contributed by atoms with Crippen molar-refractivity contribution in [1.82, 2.24) is 0 Å². The average molecular weight is 349 g/mol. The Labute approximate surface area is 142 Å². The fourth-order valence-electron chi connectivity index (χ4n) is 2.06. The van der Waals surface area contributed by atoms with Gasteiger partial charge in [-0.25, -0.2) is 4.79 Å². The van der Waals surface area contributed by atoms with Crippen molar-refractivity contribution in [2.75, 3.05) is 24.5 Å². The van der Waals surface area contributed by atoms with Gasteiger partial charge in [-0.2, -0.15) is 0 Å². The molecule has 0 unspecified atom stereocenters. The number of anilines is 2. The molecule has 0 bridgehead atoms. The lowest BCUT2D eigenvalue weighted by Crippen LogP contribution is -2.21. The molecule has 1 aliphatic heterocycles. The van der Waals surface area contributed by atoms with Crippen molar-refractivity contribution >= 4 is 34.9 Å². The first-order valence-electron chi connectivity index (χ1n) is 6.94. The summed E-state index contributed by atoms with van der Waals surface area (Å²) in [5, 5.41) is 2.94. The van der Waals surface area contributed by atoms with Crippen LogP contribution in [0.25, 0.3) is 0 Å². The first-order valence-corrected chi connectivity index (χ1v) is 7.32. The van der Waals surface area contributed by atoms with Gasteiger partial charge in [0.2, 0.25) is 6.79 Å². The van der Waals surface area contributed by atoms with Gasteiger partial charge in [-0.3, -0.25) is 4.79 Å². The van der Waals surface area contributed by atoms with Gasteiger partial charge in [0.1, 0.15) is 0 Å². The quantitative estimate of drug-likeness (QED) is 0.650. The third kappa shape index (κ3) is 3.52. The Morgan fingerprint density at radius 3 is 2.75 bits per heavy atom. The predicted molar refractivity (Wildman–Crippen MR) is 87.3 cm³/mol. The highest BCUT2D eigenvalue weighted by Gasteiger charge is 2.15. The lowest BCUT2D eigenvalue weighted by Gasteiger charge is -2.08. The highest BCUT2D eigenvalue weighted by molar-refractivity contribution is 6.33. The second-order valence-electron chi connectivity index (χ2n) is 4.93. The van der Waals surface area contributed by atoms with Crippen molar-refractivity contribution in [2.45, 2.75) is 0 Å². The molecular weight excluding hydrogens is 336 g/mol. The van der Waals surface area contributed by atoms with Crippen molar-refractivity contribution in [2.24, 2.45) is 0 Å². The fourth-order valence-corrected chi connectivity index (χ4v) is 2.17. The molecule has 8 heteroatoms. The van der Waals surface area contributed by atoms with Gasteiger partial charge < -0.3 is 25.3 Å². The number of halogens is 1. The summed E-state index contributed by atoms with van der Waals surface area (Å²) in [5.41, 5.74) is 6.61. The van der Waals surface area contributed by atoms with Gasteiger partial charge in [0.25, 0.3) is 5.91 Å². The zero-order valence-electron chi connectivity index (χ0n) is 12.4. The number of nitrogens with two attached hydrogens (primary N) is 1. The van der Waals surface area contributed by atoms with Gasteiger partial charge in [0, 0.05) is 11.8 Å². The minimum Gasteiger partial charge on any atom is -0.454 e. The van der Waals surface area contributed by atoms with Crippen LogP contribution in [0.15, 0.2) is 36.4 Å². The smallest absolute Gasteiger partial charge is 0.338 e. The van der Waals surface area contributed by atoms with Gasteiger partial charge >= 0.3 is 5.97 Å². The first-order chi connectivity index (χ1) is 11.5. The van der Waals surface area contributed by atoms with Crippen molar-refractivity contribution in [1.29, 1.82) is 0 Å². The molecule has 0 saturated heterocycles. The normalized spacial score (nSPS) is 11.9. The molecule has 3 N–H and O–H groups in total. The van der Waals surface area contributed by atoms with Crippen LogP contribution in [0.3, 0.4) is 0 Å². The molecule has 0 aliphatic carbocycles. The number of benzene rings is 2. The molecule has 0 aromatic heterocycles. The van der Waals surface area contributed by atoms with Gasteiger partial charge in [0.15, 0.2) is 18.1 Å². The van der Waals surface area contributed by atoms with Crippen LogP contribution < -0.4 is 20.5 Å². The Balaban J connectivity index is 1.55. The standard InChI is InChI=1S/C16H13ClN2O5/c17-11-3-1-9(5-12(11)18)16(21)22-7-15(20)19-10-2-4-13-14(6-10)24-8-23-13/h1-6H,7-8,18H2,(H,19,20). The van der Waals surface area contributed by atoms with Crippen molar-refractivity contribution in [3.63, 3.8) is 0 Å². The maximum atomic E-state index is 11.9. The van der Waals surface area contributed by atoms with Crippen LogP contribution in [0, 0.1) is 0 Å². The summed E-state index contributed by atoms with van der Waals surface area (Å²) >= 11 is 5.78. The number of hydrogen-bond acceptors (Lipinski definition) is 6. The van der Waals surface area contributed by atoms with Crippen molar-refractivity contribution in [3.05, 3.63) is 47.0 Å². The number of fused-ring (bicyclic) bond motifs is 1. The summed E-state index contributed by atoms with van der Waals surface area (Å²) in [5.74, 6) is 0.00421. The molecule has 0 atom stereocenters. The largest absolute Gasteiger partial charge is 0.454 e.